The van der Waals surface area contributed by atoms with Crippen LogP contribution in [0.5, 0.6) is 0 Å². The number of likely N-dealkylation sites (tertiary alicyclic amines) is 1. The lowest BCUT2D eigenvalue weighted by Crippen LogP contribution is -2.48. The number of carbonyl (C=O) groups excluding carboxylic acids is 3. The van der Waals surface area contributed by atoms with Crippen molar-refractivity contribution in [2.45, 2.75) is 32.7 Å². The number of para-hydroxylation sites is 1. The van der Waals surface area contributed by atoms with Gasteiger partial charge in [0.2, 0.25) is 0 Å². The van der Waals surface area contributed by atoms with Crippen LogP contribution < -0.4 is 4.90 Å². The Morgan fingerprint density at radius 1 is 0.931 bits per heavy atom. The lowest BCUT2D eigenvalue weighted by Gasteiger charge is -2.36. The van der Waals surface area contributed by atoms with Crippen LogP contribution in [-0.4, -0.2) is 53.3 Å². The molecule has 4 rings (SSSR count). The van der Waals surface area contributed by atoms with E-state index in [2.05, 4.69) is 6.07 Å². The van der Waals surface area contributed by atoms with E-state index in [-0.39, 0.29) is 30.4 Å². The molecule has 6 nitrogen and oxygen atoms in total. The Labute approximate surface area is 170 Å². The Bertz CT molecular complexity index is 929. The zero-order chi connectivity index (χ0) is 20.5. The molecule has 0 aromatic heterocycles. The largest absolute Gasteiger partial charge is 0.338 e. The van der Waals surface area contributed by atoms with Crippen LogP contribution in [0.2, 0.25) is 0 Å². The van der Waals surface area contributed by atoms with Gasteiger partial charge in [-0.1, -0.05) is 35.4 Å². The van der Waals surface area contributed by atoms with Crippen molar-refractivity contribution in [1.29, 1.82) is 0 Å². The fraction of sp³-hybridized carbons (Fsp3) is 0.348. The topological polar surface area (TPSA) is 60.9 Å². The van der Waals surface area contributed by atoms with Gasteiger partial charge >= 0.3 is 6.03 Å². The maximum Gasteiger partial charge on any atom is 0.332 e. The highest BCUT2D eigenvalue weighted by Crippen LogP contribution is 2.27. The van der Waals surface area contributed by atoms with Crippen molar-refractivity contribution in [2.75, 3.05) is 24.5 Å². The van der Waals surface area contributed by atoms with Gasteiger partial charge in [-0.15, -0.1) is 0 Å². The minimum absolute atomic E-state index is 0.0246. The molecule has 2 aliphatic heterocycles. The van der Waals surface area contributed by atoms with Gasteiger partial charge in [0, 0.05) is 24.7 Å². The summed E-state index contributed by atoms with van der Waals surface area (Å²) in [5.74, 6) is -0.167. The smallest absolute Gasteiger partial charge is 0.332 e. The van der Waals surface area contributed by atoms with Crippen LogP contribution in [0.3, 0.4) is 0 Å². The third-order valence-corrected chi connectivity index (χ3v) is 5.67. The van der Waals surface area contributed by atoms with Crippen LogP contribution in [0, 0.1) is 13.8 Å². The van der Waals surface area contributed by atoms with E-state index in [1.165, 1.54) is 4.90 Å². The average molecular weight is 391 g/mol. The van der Waals surface area contributed by atoms with E-state index in [0.29, 0.717) is 37.2 Å². The van der Waals surface area contributed by atoms with E-state index in [1.54, 1.807) is 17.0 Å². The summed E-state index contributed by atoms with van der Waals surface area (Å²) in [7, 11) is 0. The molecule has 0 radical (unpaired) electrons. The number of anilines is 1. The van der Waals surface area contributed by atoms with Gasteiger partial charge in [-0.3, -0.25) is 9.59 Å². The molecular weight excluding hydrogens is 366 g/mol. The van der Waals surface area contributed by atoms with Gasteiger partial charge in [-0.05, 0) is 51.0 Å². The molecule has 0 atom stereocenters. The summed E-state index contributed by atoms with van der Waals surface area (Å²) in [5, 5.41) is 0. The van der Waals surface area contributed by atoms with E-state index in [9.17, 15) is 14.4 Å². The second kappa shape index (κ2) is 7.70. The van der Waals surface area contributed by atoms with Crippen molar-refractivity contribution in [2.24, 2.45) is 0 Å². The van der Waals surface area contributed by atoms with Gasteiger partial charge < -0.3 is 9.80 Å². The van der Waals surface area contributed by atoms with Crippen molar-refractivity contribution < 1.29 is 14.4 Å². The molecule has 0 unspecified atom stereocenters. The zero-order valence-electron chi connectivity index (χ0n) is 16.8. The summed E-state index contributed by atoms with van der Waals surface area (Å²) in [4.78, 5) is 43.0. The predicted octanol–water partition coefficient (Wildman–Crippen LogP) is 3.38. The van der Waals surface area contributed by atoms with Crippen LogP contribution in [0.25, 0.3) is 0 Å². The number of hydrogen-bond donors (Lipinski definition) is 0. The van der Waals surface area contributed by atoms with Crippen molar-refractivity contribution in [3.63, 3.8) is 0 Å². The summed E-state index contributed by atoms with van der Waals surface area (Å²) in [5.41, 5.74) is 3.46. The Morgan fingerprint density at radius 3 is 2.17 bits per heavy atom. The van der Waals surface area contributed by atoms with Crippen molar-refractivity contribution in [1.82, 2.24) is 9.80 Å². The molecule has 0 spiro atoms. The van der Waals surface area contributed by atoms with E-state index < -0.39 is 0 Å². The van der Waals surface area contributed by atoms with E-state index in [4.69, 9.17) is 0 Å². The standard InChI is InChI=1S/C23H25N3O3/c1-16-12-17(2)14-18(13-16)22(28)24-10-8-19(9-11-24)25-15-21(27)26(23(25)29)20-6-4-3-5-7-20/h3-7,12-14,19H,8-11,15H2,1-2H3. The monoisotopic (exact) mass is 391 g/mol. The third-order valence-electron chi connectivity index (χ3n) is 5.67. The highest BCUT2D eigenvalue weighted by Gasteiger charge is 2.41. The van der Waals surface area contributed by atoms with Gasteiger partial charge in [0.25, 0.3) is 11.8 Å². The normalized spacial score (nSPS) is 17.9. The number of nitrogens with zero attached hydrogens (tertiary/aromatic N) is 3. The molecule has 2 aromatic rings. The Hall–Kier alpha value is -3.15. The van der Waals surface area contributed by atoms with Gasteiger partial charge in [0.05, 0.1) is 5.69 Å². The number of hydrogen-bond acceptors (Lipinski definition) is 3. The molecule has 2 heterocycles. The van der Waals surface area contributed by atoms with E-state index in [0.717, 1.165) is 11.1 Å². The number of amides is 4. The molecule has 2 saturated heterocycles. The molecule has 6 heteroatoms. The predicted molar refractivity (Wildman–Crippen MR) is 111 cm³/mol. The number of rotatable bonds is 3. The Morgan fingerprint density at radius 2 is 1.55 bits per heavy atom. The number of imide groups is 1. The van der Waals surface area contributed by atoms with Crippen molar-refractivity contribution in [3.8, 4) is 0 Å². The van der Waals surface area contributed by atoms with Crippen LogP contribution in [-0.2, 0) is 4.79 Å². The molecular formula is C23H25N3O3. The second-order valence-corrected chi connectivity index (χ2v) is 7.87. The maximum absolute atomic E-state index is 12.9. The molecule has 150 valence electrons. The molecule has 0 saturated carbocycles. The molecule has 2 fully saturated rings. The van der Waals surface area contributed by atoms with Crippen LogP contribution >= 0.6 is 0 Å². The first-order valence-corrected chi connectivity index (χ1v) is 10.0. The molecule has 0 N–H and O–H groups in total. The van der Waals surface area contributed by atoms with E-state index >= 15 is 0 Å². The zero-order valence-corrected chi connectivity index (χ0v) is 16.8. The molecule has 2 aliphatic rings. The summed E-state index contributed by atoms with van der Waals surface area (Å²) < 4.78 is 0. The van der Waals surface area contributed by atoms with Crippen LogP contribution in [0.15, 0.2) is 48.5 Å². The highest BCUT2D eigenvalue weighted by atomic mass is 16.2. The fourth-order valence-electron chi connectivity index (χ4n) is 4.30. The van der Waals surface area contributed by atoms with Crippen LogP contribution in [0.1, 0.15) is 34.3 Å². The molecule has 0 bridgehead atoms. The summed E-state index contributed by atoms with van der Waals surface area (Å²) >= 11 is 0. The Kier molecular flexibility index (Phi) is 5.09. The molecule has 2 aromatic carbocycles. The quantitative estimate of drug-likeness (QED) is 0.754. The number of piperidine rings is 1. The van der Waals surface area contributed by atoms with Gasteiger partial charge in [-0.2, -0.15) is 0 Å². The summed E-state index contributed by atoms with van der Waals surface area (Å²) in [6, 6.07) is 14.6. The Balaban J connectivity index is 1.41. The fourth-order valence-corrected chi connectivity index (χ4v) is 4.30. The van der Waals surface area contributed by atoms with Crippen molar-refractivity contribution >= 4 is 23.5 Å². The lowest BCUT2D eigenvalue weighted by atomic mass is 10.0. The van der Waals surface area contributed by atoms with Crippen LogP contribution in [0.4, 0.5) is 10.5 Å². The third kappa shape index (κ3) is 3.75. The number of benzene rings is 2. The number of carbonyl (C=O) groups is 3. The first-order chi connectivity index (χ1) is 13.9. The van der Waals surface area contributed by atoms with Gasteiger partial charge in [0.1, 0.15) is 6.54 Å². The van der Waals surface area contributed by atoms with Gasteiger partial charge in [0.15, 0.2) is 0 Å². The first kappa shape index (κ1) is 19.2. The minimum atomic E-state index is -0.264. The van der Waals surface area contributed by atoms with Crippen molar-refractivity contribution in [3.05, 3.63) is 65.2 Å². The first-order valence-electron chi connectivity index (χ1n) is 10.0. The summed E-state index contributed by atoms with van der Waals surface area (Å²) in [6.07, 6.45) is 1.36. The van der Waals surface area contributed by atoms with Gasteiger partial charge in [-0.25, -0.2) is 9.69 Å². The number of aryl methyl sites for hydroxylation is 2. The maximum atomic E-state index is 12.9. The molecule has 0 aliphatic carbocycles. The molecule has 4 amide bonds. The molecule has 29 heavy (non-hydrogen) atoms. The lowest BCUT2D eigenvalue weighted by molar-refractivity contribution is -0.116. The SMILES string of the molecule is Cc1cc(C)cc(C(=O)N2CCC(N3CC(=O)N(c4ccccc4)C3=O)CC2)c1. The second-order valence-electron chi connectivity index (χ2n) is 7.87. The number of urea groups is 1. The minimum Gasteiger partial charge on any atom is -0.338 e. The van der Waals surface area contributed by atoms with E-state index in [1.807, 2.05) is 49.1 Å². The average Bonchev–Trinajstić information content (AvgIpc) is 3.01. The highest BCUT2D eigenvalue weighted by molar-refractivity contribution is 6.19. The summed E-state index contributed by atoms with van der Waals surface area (Å²) in [6.45, 7) is 5.25.